The summed E-state index contributed by atoms with van der Waals surface area (Å²) in [7, 11) is 0. The Morgan fingerprint density at radius 3 is 2.58 bits per heavy atom. The van der Waals surface area contributed by atoms with Crippen molar-refractivity contribution in [2.24, 2.45) is 11.7 Å². The summed E-state index contributed by atoms with van der Waals surface area (Å²) in [6, 6.07) is 6.82. The molecular formula is C23H28FN7O2. The summed E-state index contributed by atoms with van der Waals surface area (Å²) in [5.41, 5.74) is 7.18. The number of amides is 1. The number of hydrogen-bond acceptors (Lipinski definition) is 7. The van der Waals surface area contributed by atoms with Crippen LogP contribution >= 0.6 is 0 Å². The van der Waals surface area contributed by atoms with E-state index < -0.39 is 0 Å². The maximum atomic E-state index is 14.4. The molecule has 4 N–H and O–H groups in total. The van der Waals surface area contributed by atoms with Crippen LogP contribution in [0, 0.1) is 11.7 Å². The van der Waals surface area contributed by atoms with Crippen molar-refractivity contribution in [1.82, 2.24) is 19.5 Å². The maximum Gasteiger partial charge on any atom is 0.224 e. The standard InChI is InChI=1S/C23H28FN7O2/c24-17-3-1-2-4-18(17)28-23-29-19-13-26-22(27-15-9-11-33-12-10-15)30-21(19)31(23)16-7-5-14(6-8-16)20(25)32/h1-4,13-16H,5-12H2,(H2,25,32)(H,28,29)(H,26,27,30)/t14-,16+. The lowest BCUT2D eigenvalue weighted by atomic mass is 9.85. The number of ether oxygens (including phenoxy) is 1. The zero-order chi connectivity index (χ0) is 22.8. The first-order valence-electron chi connectivity index (χ1n) is 11.5. The molecule has 2 aromatic heterocycles. The first-order chi connectivity index (χ1) is 16.1. The molecule has 9 nitrogen and oxygen atoms in total. The number of primary amides is 1. The minimum absolute atomic E-state index is 0.0608. The molecule has 0 spiro atoms. The second-order valence-electron chi connectivity index (χ2n) is 8.75. The molecule has 1 aliphatic heterocycles. The molecule has 2 fully saturated rings. The second kappa shape index (κ2) is 9.30. The average Bonchev–Trinajstić information content (AvgIpc) is 3.18. The Balaban J connectivity index is 1.50. The number of nitrogens with zero attached hydrogens (tertiary/aromatic N) is 4. The van der Waals surface area contributed by atoms with Crippen molar-refractivity contribution in [3.8, 4) is 0 Å². The number of hydrogen-bond donors (Lipinski definition) is 3. The molecule has 2 aliphatic rings. The van der Waals surface area contributed by atoms with Crippen molar-refractivity contribution in [1.29, 1.82) is 0 Å². The van der Waals surface area contributed by atoms with E-state index in [4.69, 9.17) is 15.5 Å². The van der Waals surface area contributed by atoms with Crippen LogP contribution in [0.25, 0.3) is 11.2 Å². The highest BCUT2D eigenvalue weighted by Gasteiger charge is 2.29. The van der Waals surface area contributed by atoms with Crippen molar-refractivity contribution >= 4 is 34.7 Å². The Labute approximate surface area is 190 Å². The van der Waals surface area contributed by atoms with E-state index in [0.717, 1.165) is 38.9 Å². The number of para-hydroxylation sites is 1. The van der Waals surface area contributed by atoms with E-state index in [-0.39, 0.29) is 29.7 Å². The van der Waals surface area contributed by atoms with Crippen molar-refractivity contribution in [3.63, 3.8) is 0 Å². The third-order valence-electron chi connectivity index (χ3n) is 6.57. The molecule has 1 saturated carbocycles. The van der Waals surface area contributed by atoms with Crippen LogP contribution in [0.15, 0.2) is 30.5 Å². The van der Waals surface area contributed by atoms with Gasteiger partial charge in [0.2, 0.25) is 17.8 Å². The number of aromatic nitrogens is 4. The van der Waals surface area contributed by atoms with Crippen LogP contribution < -0.4 is 16.4 Å². The summed E-state index contributed by atoms with van der Waals surface area (Å²) < 4.78 is 21.8. The van der Waals surface area contributed by atoms with Crippen LogP contribution in [0.2, 0.25) is 0 Å². The lowest BCUT2D eigenvalue weighted by Crippen LogP contribution is -2.29. The number of carbonyl (C=O) groups is 1. The number of nitrogens with two attached hydrogens (primary N) is 1. The van der Waals surface area contributed by atoms with Gasteiger partial charge in [0.25, 0.3) is 0 Å². The number of anilines is 3. The van der Waals surface area contributed by atoms with Crippen molar-refractivity contribution in [2.45, 2.75) is 50.6 Å². The molecule has 0 atom stereocenters. The molecule has 1 aromatic carbocycles. The molecule has 33 heavy (non-hydrogen) atoms. The number of carbonyl (C=O) groups excluding carboxylic acids is 1. The van der Waals surface area contributed by atoms with Gasteiger partial charge in [-0.15, -0.1) is 0 Å². The van der Waals surface area contributed by atoms with E-state index in [1.807, 2.05) is 4.57 Å². The molecular weight excluding hydrogens is 425 g/mol. The molecule has 3 aromatic rings. The van der Waals surface area contributed by atoms with Gasteiger partial charge in [-0.1, -0.05) is 12.1 Å². The Hall–Kier alpha value is -3.27. The van der Waals surface area contributed by atoms with Crippen molar-refractivity contribution in [2.75, 3.05) is 23.8 Å². The zero-order valence-electron chi connectivity index (χ0n) is 18.3. The molecule has 3 heterocycles. The van der Waals surface area contributed by atoms with Crippen molar-refractivity contribution in [3.05, 3.63) is 36.3 Å². The topological polar surface area (TPSA) is 120 Å². The van der Waals surface area contributed by atoms with Crippen LogP contribution in [-0.4, -0.2) is 44.7 Å². The van der Waals surface area contributed by atoms with Gasteiger partial charge >= 0.3 is 0 Å². The molecule has 1 amide bonds. The largest absolute Gasteiger partial charge is 0.381 e. The molecule has 0 radical (unpaired) electrons. The minimum atomic E-state index is -0.360. The number of nitrogens with one attached hydrogen (secondary N) is 2. The van der Waals surface area contributed by atoms with Gasteiger partial charge in [-0.2, -0.15) is 4.98 Å². The van der Waals surface area contributed by atoms with Crippen molar-refractivity contribution < 1.29 is 13.9 Å². The van der Waals surface area contributed by atoms with Crippen LogP contribution in [0.4, 0.5) is 22.0 Å². The Bertz CT molecular complexity index is 1140. The SMILES string of the molecule is NC(=O)[C@H]1CC[C@@H](n2c(Nc3ccccc3F)nc3cnc(NC4CCOCC4)nc32)CC1. The smallest absolute Gasteiger partial charge is 0.224 e. The molecule has 174 valence electrons. The third kappa shape index (κ3) is 4.61. The van der Waals surface area contributed by atoms with Crippen LogP contribution in [0.3, 0.4) is 0 Å². The number of fused-ring (bicyclic) bond motifs is 1. The number of rotatable bonds is 6. The Morgan fingerprint density at radius 1 is 1.09 bits per heavy atom. The lowest BCUT2D eigenvalue weighted by molar-refractivity contribution is -0.122. The summed E-state index contributed by atoms with van der Waals surface area (Å²) in [6.07, 6.45) is 6.43. The van der Waals surface area contributed by atoms with E-state index >= 15 is 0 Å². The second-order valence-corrected chi connectivity index (χ2v) is 8.75. The van der Waals surface area contributed by atoms with E-state index in [1.54, 1.807) is 24.4 Å². The number of halogens is 1. The predicted octanol–water partition coefficient (Wildman–Crippen LogP) is 3.52. The normalized spacial score (nSPS) is 21.7. The highest BCUT2D eigenvalue weighted by atomic mass is 19.1. The van der Waals surface area contributed by atoms with E-state index in [9.17, 15) is 9.18 Å². The average molecular weight is 454 g/mol. The zero-order valence-corrected chi connectivity index (χ0v) is 18.3. The third-order valence-corrected chi connectivity index (χ3v) is 6.57. The van der Waals surface area contributed by atoms with Gasteiger partial charge < -0.3 is 21.1 Å². The summed E-state index contributed by atoms with van der Waals surface area (Å²) >= 11 is 0. The fourth-order valence-electron chi connectivity index (χ4n) is 4.72. The quantitative estimate of drug-likeness (QED) is 0.522. The minimum Gasteiger partial charge on any atom is -0.381 e. The first kappa shape index (κ1) is 21.6. The van der Waals surface area contributed by atoms with Crippen LogP contribution in [-0.2, 0) is 9.53 Å². The Morgan fingerprint density at radius 2 is 1.85 bits per heavy atom. The van der Waals surface area contributed by atoms with Gasteiger partial charge in [0.05, 0.1) is 11.9 Å². The van der Waals surface area contributed by atoms with Gasteiger partial charge in [-0.3, -0.25) is 9.36 Å². The van der Waals surface area contributed by atoms with E-state index in [0.29, 0.717) is 41.6 Å². The fourth-order valence-corrected chi connectivity index (χ4v) is 4.72. The van der Waals surface area contributed by atoms with E-state index in [1.165, 1.54) is 6.07 Å². The van der Waals surface area contributed by atoms with Crippen LogP contribution in [0.5, 0.6) is 0 Å². The number of benzene rings is 1. The molecule has 5 rings (SSSR count). The molecule has 10 heteroatoms. The monoisotopic (exact) mass is 453 g/mol. The summed E-state index contributed by atoms with van der Waals surface area (Å²) in [5.74, 6) is 0.328. The summed E-state index contributed by atoms with van der Waals surface area (Å²) in [5, 5.41) is 6.55. The van der Waals surface area contributed by atoms with Gasteiger partial charge in [0.15, 0.2) is 5.65 Å². The first-order valence-corrected chi connectivity index (χ1v) is 11.5. The Kier molecular flexibility index (Phi) is 6.08. The highest BCUT2D eigenvalue weighted by molar-refractivity contribution is 5.77. The molecule has 1 saturated heterocycles. The van der Waals surface area contributed by atoms with Gasteiger partial charge in [-0.05, 0) is 50.7 Å². The van der Waals surface area contributed by atoms with Gasteiger partial charge in [0, 0.05) is 31.2 Å². The molecule has 0 bridgehead atoms. The molecule has 0 unspecified atom stereocenters. The fraction of sp³-hybridized carbons (Fsp3) is 0.478. The maximum absolute atomic E-state index is 14.4. The number of imidazole rings is 1. The van der Waals surface area contributed by atoms with Crippen LogP contribution in [0.1, 0.15) is 44.6 Å². The lowest BCUT2D eigenvalue weighted by Gasteiger charge is -2.29. The highest BCUT2D eigenvalue weighted by Crippen LogP contribution is 2.37. The summed E-state index contributed by atoms with van der Waals surface area (Å²) in [6.45, 7) is 1.44. The van der Waals surface area contributed by atoms with Gasteiger partial charge in [-0.25, -0.2) is 14.4 Å². The van der Waals surface area contributed by atoms with Gasteiger partial charge in [0.1, 0.15) is 11.3 Å². The van der Waals surface area contributed by atoms with E-state index in [2.05, 4.69) is 20.6 Å². The molecule has 1 aliphatic carbocycles. The predicted molar refractivity (Wildman–Crippen MR) is 123 cm³/mol. The summed E-state index contributed by atoms with van der Waals surface area (Å²) in [4.78, 5) is 25.6.